The molecule has 4 rings (SSSR count). The Balaban J connectivity index is 1.55. The molecule has 1 aromatic heterocycles. The molecule has 2 aromatic carbocycles. The molecule has 1 fully saturated rings. The van der Waals surface area contributed by atoms with Gasteiger partial charge in [-0.05, 0) is 23.9 Å². The lowest BCUT2D eigenvalue weighted by Crippen LogP contribution is -3.13. The summed E-state index contributed by atoms with van der Waals surface area (Å²) >= 11 is 0. The lowest BCUT2D eigenvalue weighted by Gasteiger charge is -2.34. The quantitative estimate of drug-likeness (QED) is 0.515. The van der Waals surface area contributed by atoms with E-state index in [1.165, 1.54) is 17.2 Å². The third-order valence-corrected chi connectivity index (χ3v) is 5.45. The maximum atomic E-state index is 12.3. The molecule has 8 nitrogen and oxygen atoms in total. The predicted octanol–water partition coefficient (Wildman–Crippen LogP) is 1.13. The van der Waals surface area contributed by atoms with Gasteiger partial charge in [0, 0.05) is 23.2 Å². The number of quaternary nitrogens is 1. The van der Waals surface area contributed by atoms with Gasteiger partial charge in [0.25, 0.3) is 5.69 Å². The molecule has 8 heteroatoms. The van der Waals surface area contributed by atoms with Crippen LogP contribution in [0.4, 0.5) is 11.4 Å². The second-order valence-corrected chi connectivity index (χ2v) is 7.13. The molecule has 1 aliphatic rings. The van der Waals surface area contributed by atoms with Crippen molar-refractivity contribution in [3.05, 3.63) is 64.3 Å². The van der Waals surface area contributed by atoms with E-state index < -0.39 is 16.4 Å². The number of hydrogen-bond acceptors (Lipinski definition) is 6. The number of rotatable bonds is 5. The molecule has 1 aliphatic heterocycles. The van der Waals surface area contributed by atoms with Gasteiger partial charge in [-0.2, -0.15) is 0 Å². The Morgan fingerprint density at radius 3 is 2.69 bits per heavy atom. The monoisotopic (exact) mass is 394 g/mol. The SMILES string of the molecule is COc1ccccc1N1CC[NH+](Cc2cc([N+](=O)[O-])c([O-])c3ncccc23)CC1. The van der Waals surface area contributed by atoms with Crippen LogP contribution in [0.25, 0.3) is 10.9 Å². The standard InChI is InChI=1S/C21H22N4O4/c1-29-19-7-3-2-6-17(19)24-11-9-23(10-12-24)14-15-13-18(25(27)28)21(26)20-16(15)5-4-8-22-20/h2-8,13,26H,9-12,14H2,1H3. The van der Waals surface area contributed by atoms with Gasteiger partial charge < -0.3 is 19.6 Å². The number of anilines is 1. The normalized spacial score (nSPS) is 14.9. The van der Waals surface area contributed by atoms with Crippen molar-refractivity contribution >= 4 is 22.3 Å². The number of fused-ring (bicyclic) bond motifs is 1. The Hall–Kier alpha value is -3.39. The highest BCUT2D eigenvalue weighted by Gasteiger charge is 2.24. The Morgan fingerprint density at radius 1 is 1.21 bits per heavy atom. The van der Waals surface area contributed by atoms with Gasteiger partial charge in [0.2, 0.25) is 0 Å². The number of nitro groups is 1. The van der Waals surface area contributed by atoms with Crippen LogP contribution in [0.3, 0.4) is 0 Å². The summed E-state index contributed by atoms with van der Waals surface area (Å²) in [5.41, 5.74) is 1.64. The zero-order chi connectivity index (χ0) is 20.4. The number of piperazine rings is 1. The number of nitro benzene ring substituents is 1. The number of aromatic nitrogens is 1. The van der Waals surface area contributed by atoms with Crippen LogP contribution in [-0.4, -0.2) is 43.2 Å². The van der Waals surface area contributed by atoms with Crippen molar-refractivity contribution in [1.82, 2.24) is 4.98 Å². The molecule has 0 amide bonds. The van der Waals surface area contributed by atoms with Crippen molar-refractivity contribution in [1.29, 1.82) is 0 Å². The largest absolute Gasteiger partial charge is 0.866 e. The molecule has 0 spiro atoms. The first kappa shape index (κ1) is 18.9. The molecule has 1 saturated heterocycles. The number of methoxy groups -OCH3 is 1. The molecule has 3 aromatic rings. The molecule has 0 aliphatic carbocycles. The zero-order valence-corrected chi connectivity index (χ0v) is 16.1. The first-order valence-corrected chi connectivity index (χ1v) is 9.52. The maximum Gasteiger partial charge on any atom is 0.264 e. The Labute approximate surface area is 168 Å². The first-order valence-electron chi connectivity index (χ1n) is 9.52. The molecule has 1 N–H and O–H groups in total. The lowest BCUT2D eigenvalue weighted by molar-refractivity contribution is -0.914. The van der Waals surface area contributed by atoms with Crippen LogP contribution in [0, 0.1) is 10.1 Å². The number of nitrogens with zero attached hydrogens (tertiary/aromatic N) is 3. The molecular weight excluding hydrogens is 372 g/mol. The highest BCUT2D eigenvalue weighted by molar-refractivity contribution is 5.90. The van der Waals surface area contributed by atoms with Crippen molar-refractivity contribution in [3.8, 4) is 11.5 Å². The van der Waals surface area contributed by atoms with E-state index in [1.54, 1.807) is 13.2 Å². The highest BCUT2D eigenvalue weighted by Crippen LogP contribution is 2.33. The molecular formula is C21H22N4O4. The number of hydrogen-bond donors (Lipinski definition) is 1. The fraction of sp³-hybridized carbons (Fsp3) is 0.286. The van der Waals surface area contributed by atoms with Gasteiger partial charge in [-0.15, -0.1) is 0 Å². The number of nitrogens with one attached hydrogen (secondary N) is 1. The van der Waals surface area contributed by atoms with E-state index in [0.29, 0.717) is 11.9 Å². The summed E-state index contributed by atoms with van der Waals surface area (Å²) in [6, 6.07) is 13.0. The maximum absolute atomic E-state index is 12.3. The van der Waals surface area contributed by atoms with E-state index in [1.807, 2.05) is 24.3 Å². The molecule has 0 unspecified atom stereocenters. The van der Waals surface area contributed by atoms with Crippen molar-refractivity contribution in [2.75, 3.05) is 38.2 Å². The van der Waals surface area contributed by atoms with Crippen LogP contribution in [0.1, 0.15) is 5.56 Å². The van der Waals surface area contributed by atoms with E-state index in [2.05, 4.69) is 16.0 Å². The van der Waals surface area contributed by atoms with Gasteiger partial charge in [0.15, 0.2) is 0 Å². The van der Waals surface area contributed by atoms with Crippen LogP contribution < -0.4 is 19.6 Å². The molecule has 0 saturated carbocycles. The predicted molar refractivity (Wildman–Crippen MR) is 107 cm³/mol. The van der Waals surface area contributed by atoms with Crippen LogP contribution in [0.5, 0.6) is 11.5 Å². The second-order valence-electron chi connectivity index (χ2n) is 7.13. The molecule has 150 valence electrons. The van der Waals surface area contributed by atoms with Crippen molar-refractivity contribution in [2.24, 2.45) is 0 Å². The number of pyridine rings is 1. The van der Waals surface area contributed by atoms with E-state index in [4.69, 9.17) is 4.74 Å². The third-order valence-electron chi connectivity index (χ3n) is 5.45. The van der Waals surface area contributed by atoms with Crippen molar-refractivity contribution in [2.45, 2.75) is 6.54 Å². The topological polar surface area (TPSA) is 96.0 Å². The minimum atomic E-state index is -0.620. The Morgan fingerprint density at radius 2 is 1.97 bits per heavy atom. The summed E-state index contributed by atoms with van der Waals surface area (Å²) < 4.78 is 5.47. The van der Waals surface area contributed by atoms with E-state index in [-0.39, 0.29) is 5.52 Å². The van der Waals surface area contributed by atoms with E-state index >= 15 is 0 Å². The molecule has 2 heterocycles. The number of benzene rings is 2. The Bertz CT molecular complexity index is 1050. The van der Waals surface area contributed by atoms with E-state index in [0.717, 1.165) is 43.2 Å². The Kier molecular flexibility index (Phi) is 5.18. The number of ether oxygens (including phenoxy) is 1. The summed E-state index contributed by atoms with van der Waals surface area (Å²) in [7, 11) is 1.67. The fourth-order valence-electron chi connectivity index (χ4n) is 3.96. The first-order chi connectivity index (χ1) is 14.1. The van der Waals surface area contributed by atoms with Crippen LogP contribution >= 0.6 is 0 Å². The number of para-hydroxylation sites is 2. The average Bonchev–Trinajstić information content (AvgIpc) is 2.76. The summed E-state index contributed by atoms with van der Waals surface area (Å²) in [5, 5.41) is 24.4. The molecule has 0 bridgehead atoms. The minimum Gasteiger partial charge on any atom is -0.866 e. The van der Waals surface area contributed by atoms with Gasteiger partial charge in [-0.25, -0.2) is 0 Å². The van der Waals surface area contributed by atoms with E-state index in [9.17, 15) is 15.2 Å². The molecule has 0 radical (unpaired) electrons. The van der Waals surface area contributed by atoms with Gasteiger partial charge in [0.05, 0.1) is 49.4 Å². The lowest BCUT2D eigenvalue weighted by atomic mass is 10.0. The molecule has 29 heavy (non-hydrogen) atoms. The summed E-state index contributed by atoms with van der Waals surface area (Å²) in [6.45, 7) is 4.09. The summed E-state index contributed by atoms with van der Waals surface area (Å²) in [6.07, 6.45) is 1.50. The second kappa shape index (κ2) is 7.92. The van der Waals surface area contributed by atoms with Gasteiger partial charge in [-0.3, -0.25) is 15.1 Å². The average molecular weight is 394 g/mol. The van der Waals surface area contributed by atoms with Gasteiger partial charge in [0.1, 0.15) is 12.3 Å². The third kappa shape index (κ3) is 3.66. The van der Waals surface area contributed by atoms with Gasteiger partial charge >= 0.3 is 0 Å². The van der Waals surface area contributed by atoms with Crippen molar-refractivity contribution < 1.29 is 19.7 Å². The van der Waals surface area contributed by atoms with Crippen molar-refractivity contribution in [3.63, 3.8) is 0 Å². The van der Waals surface area contributed by atoms with Crippen LogP contribution in [-0.2, 0) is 6.54 Å². The van der Waals surface area contributed by atoms with Crippen LogP contribution in [0.2, 0.25) is 0 Å². The summed E-state index contributed by atoms with van der Waals surface area (Å²) in [5.74, 6) is 0.236. The molecule has 0 atom stereocenters. The minimum absolute atomic E-state index is 0.170. The highest BCUT2D eigenvalue weighted by atomic mass is 16.6. The summed E-state index contributed by atoms with van der Waals surface area (Å²) in [4.78, 5) is 18.4. The van der Waals surface area contributed by atoms with Crippen LogP contribution in [0.15, 0.2) is 48.7 Å². The smallest absolute Gasteiger partial charge is 0.264 e. The zero-order valence-electron chi connectivity index (χ0n) is 16.1. The van der Waals surface area contributed by atoms with Gasteiger partial charge in [-0.1, -0.05) is 18.2 Å². The fourth-order valence-corrected chi connectivity index (χ4v) is 3.96.